The minimum Gasteiger partial charge on any atom is -0.490 e. The quantitative estimate of drug-likeness (QED) is 0.624. The Morgan fingerprint density at radius 1 is 1.26 bits per heavy atom. The molecule has 1 aromatic carbocycles. The van der Waals surface area contributed by atoms with Crippen LogP contribution in [0.1, 0.15) is 5.56 Å². The zero-order valence-electron chi connectivity index (χ0n) is 11.0. The molecule has 0 atom stereocenters. The van der Waals surface area contributed by atoms with Crippen LogP contribution in [0.5, 0.6) is 5.75 Å². The van der Waals surface area contributed by atoms with Crippen LogP contribution in [-0.4, -0.2) is 24.1 Å². The highest BCUT2D eigenvalue weighted by molar-refractivity contribution is 5.64. The number of hydrogen-bond donors (Lipinski definition) is 2. The second-order valence-corrected chi connectivity index (χ2v) is 4.07. The molecule has 2 aromatic rings. The minimum absolute atomic E-state index is 0.465. The predicted molar refractivity (Wildman–Crippen MR) is 74.9 cm³/mol. The van der Waals surface area contributed by atoms with Crippen LogP contribution in [0.25, 0.3) is 0 Å². The van der Waals surface area contributed by atoms with Gasteiger partial charge in [0.25, 0.3) is 0 Å². The van der Waals surface area contributed by atoms with Gasteiger partial charge in [0, 0.05) is 13.6 Å². The summed E-state index contributed by atoms with van der Waals surface area (Å²) in [5.74, 6) is 7.09. The van der Waals surface area contributed by atoms with Crippen molar-refractivity contribution in [1.82, 2.24) is 9.97 Å². The molecule has 6 heteroatoms. The van der Waals surface area contributed by atoms with Crippen molar-refractivity contribution in [2.45, 2.75) is 6.54 Å². The predicted octanol–water partition coefficient (Wildman–Crippen LogP) is 1.41. The number of ether oxygens (including phenoxy) is 1. The van der Waals surface area contributed by atoms with Crippen LogP contribution >= 0.6 is 0 Å². The van der Waals surface area contributed by atoms with E-state index < -0.39 is 0 Å². The van der Waals surface area contributed by atoms with Gasteiger partial charge in [0.2, 0.25) is 5.75 Å². The molecule has 0 saturated heterocycles. The van der Waals surface area contributed by atoms with Crippen molar-refractivity contribution in [2.75, 3.05) is 24.5 Å². The van der Waals surface area contributed by atoms with Gasteiger partial charge < -0.3 is 15.1 Å². The number of aromatic nitrogens is 2. The summed E-state index contributed by atoms with van der Waals surface area (Å²) in [5, 5.41) is 0. The van der Waals surface area contributed by atoms with Crippen molar-refractivity contribution < 1.29 is 4.74 Å². The Hall–Kier alpha value is -2.34. The fourth-order valence-electron chi connectivity index (χ4n) is 1.86. The Bertz CT molecular complexity index is 532. The molecule has 0 aliphatic heterocycles. The average Bonchev–Trinajstić information content (AvgIpc) is 2.47. The summed E-state index contributed by atoms with van der Waals surface area (Å²) in [6, 6.07) is 10.1. The third kappa shape index (κ3) is 2.92. The fraction of sp³-hybridized carbons (Fsp3) is 0.231. The monoisotopic (exact) mass is 259 g/mol. The highest BCUT2D eigenvalue weighted by Crippen LogP contribution is 2.31. The van der Waals surface area contributed by atoms with Gasteiger partial charge in [-0.15, -0.1) is 0 Å². The summed E-state index contributed by atoms with van der Waals surface area (Å²) in [7, 11) is 3.51. The van der Waals surface area contributed by atoms with E-state index in [0.717, 1.165) is 6.54 Å². The number of hydrogen-bond acceptors (Lipinski definition) is 6. The number of nitrogens with zero attached hydrogens (tertiary/aromatic N) is 3. The highest BCUT2D eigenvalue weighted by Gasteiger charge is 2.15. The lowest BCUT2D eigenvalue weighted by atomic mass is 10.2. The zero-order chi connectivity index (χ0) is 13.7. The molecule has 0 fully saturated rings. The van der Waals surface area contributed by atoms with Crippen molar-refractivity contribution in [3.05, 3.63) is 42.2 Å². The lowest BCUT2D eigenvalue weighted by molar-refractivity contribution is 0.412. The first-order valence-corrected chi connectivity index (χ1v) is 5.87. The molecule has 6 nitrogen and oxygen atoms in total. The Morgan fingerprint density at radius 2 is 2.00 bits per heavy atom. The van der Waals surface area contributed by atoms with E-state index in [1.165, 1.54) is 11.9 Å². The first-order chi connectivity index (χ1) is 9.26. The summed E-state index contributed by atoms with van der Waals surface area (Å²) >= 11 is 0. The molecular weight excluding hydrogens is 242 g/mol. The molecule has 0 bridgehead atoms. The second kappa shape index (κ2) is 6.01. The number of nitrogen functional groups attached to an aromatic ring is 1. The molecule has 1 aromatic heterocycles. The number of methoxy groups -OCH3 is 1. The van der Waals surface area contributed by atoms with E-state index in [4.69, 9.17) is 10.6 Å². The standard InChI is InChI=1S/C13H17N5O/c1-18(8-10-6-4-3-5-7-10)13-11(19-2)12(17-14)15-9-16-13/h3-7,9H,8,14H2,1-2H3,(H,15,16,17). The molecule has 0 spiro atoms. The van der Waals surface area contributed by atoms with E-state index in [1.54, 1.807) is 7.11 Å². The van der Waals surface area contributed by atoms with Crippen molar-refractivity contribution in [3.8, 4) is 5.75 Å². The minimum atomic E-state index is 0.465. The maximum absolute atomic E-state index is 5.41. The third-order valence-electron chi connectivity index (χ3n) is 2.75. The van der Waals surface area contributed by atoms with Gasteiger partial charge in [0.1, 0.15) is 6.33 Å². The maximum Gasteiger partial charge on any atom is 0.205 e. The maximum atomic E-state index is 5.41. The van der Waals surface area contributed by atoms with Crippen LogP contribution in [0.15, 0.2) is 36.7 Å². The van der Waals surface area contributed by atoms with Gasteiger partial charge >= 0.3 is 0 Å². The Labute approximate surface area is 112 Å². The molecule has 0 aliphatic carbocycles. The molecule has 0 saturated carbocycles. The average molecular weight is 259 g/mol. The smallest absolute Gasteiger partial charge is 0.205 e. The number of anilines is 2. The Morgan fingerprint density at radius 3 is 2.63 bits per heavy atom. The van der Waals surface area contributed by atoms with E-state index in [2.05, 4.69) is 27.5 Å². The van der Waals surface area contributed by atoms with E-state index in [0.29, 0.717) is 17.4 Å². The molecule has 0 unspecified atom stereocenters. The summed E-state index contributed by atoms with van der Waals surface area (Å²) in [6.45, 7) is 0.720. The molecule has 100 valence electrons. The van der Waals surface area contributed by atoms with Crippen LogP contribution in [0.2, 0.25) is 0 Å². The van der Waals surface area contributed by atoms with Crippen molar-refractivity contribution in [1.29, 1.82) is 0 Å². The summed E-state index contributed by atoms with van der Waals surface area (Å²) in [4.78, 5) is 10.3. The summed E-state index contributed by atoms with van der Waals surface area (Å²) in [5.41, 5.74) is 3.69. The van der Waals surface area contributed by atoms with Gasteiger partial charge in [-0.2, -0.15) is 0 Å². The molecule has 0 radical (unpaired) electrons. The fourth-order valence-corrected chi connectivity index (χ4v) is 1.86. The van der Waals surface area contributed by atoms with Gasteiger partial charge in [0.15, 0.2) is 11.6 Å². The van der Waals surface area contributed by atoms with Crippen LogP contribution in [0, 0.1) is 0 Å². The second-order valence-electron chi connectivity index (χ2n) is 4.07. The molecule has 0 amide bonds. The van der Waals surface area contributed by atoms with Crippen molar-refractivity contribution in [2.24, 2.45) is 5.84 Å². The van der Waals surface area contributed by atoms with Gasteiger partial charge in [0.05, 0.1) is 7.11 Å². The molecule has 2 rings (SSSR count). The molecular formula is C13H17N5O. The summed E-state index contributed by atoms with van der Waals surface area (Å²) in [6.07, 6.45) is 1.45. The Kier molecular flexibility index (Phi) is 4.15. The van der Waals surface area contributed by atoms with Crippen LogP contribution in [0.4, 0.5) is 11.6 Å². The van der Waals surface area contributed by atoms with Gasteiger partial charge in [-0.25, -0.2) is 15.8 Å². The van der Waals surface area contributed by atoms with E-state index >= 15 is 0 Å². The van der Waals surface area contributed by atoms with E-state index in [1.807, 2.05) is 30.1 Å². The van der Waals surface area contributed by atoms with E-state index in [-0.39, 0.29) is 0 Å². The lowest BCUT2D eigenvalue weighted by Gasteiger charge is -2.21. The number of rotatable bonds is 5. The van der Waals surface area contributed by atoms with Crippen molar-refractivity contribution in [3.63, 3.8) is 0 Å². The number of nitrogens with one attached hydrogen (secondary N) is 1. The van der Waals surface area contributed by atoms with Gasteiger partial charge in [-0.05, 0) is 5.56 Å². The van der Waals surface area contributed by atoms with E-state index in [9.17, 15) is 0 Å². The number of nitrogens with two attached hydrogens (primary N) is 1. The molecule has 19 heavy (non-hydrogen) atoms. The number of benzene rings is 1. The normalized spacial score (nSPS) is 10.1. The largest absolute Gasteiger partial charge is 0.490 e. The van der Waals surface area contributed by atoms with Crippen LogP contribution in [0.3, 0.4) is 0 Å². The molecule has 1 heterocycles. The zero-order valence-corrected chi connectivity index (χ0v) is 11.0. The van der Waals surface area contributed by atoms with Crippen LogP contribution < -0.4 is 20.9 Å². The first-order valence-electron chi connectivity index (χ1n) is 5.87. The topological polar surface area (TPSA) is 76.3 Å². The SMILES string of the molecule is COc1c(NN)ncnc1N(C)Cc1ccccc1. The Balaban J connectivity index is 2.26. The first kappa shape index (κ1) is 13.1. The third-order valence-corrected chi connectivity index (χ3v) is 2.75. The van der Waals surface area contributed by atoms with Crippen molar-refractivity contribution >= 4 is 11.6 Å². The summed E-state index contributed by atoms with van der Waals surface area (Å²) < 4.78 is 5.32. The molecule has 3 N–H and O–H groups in total. The lowest BCUT2D eigenvalue weighted by Crippen LogP contribution is -2.20. The van der Waals surface area contributed by atoms with Crippen LogP contribution in [-0.2, 0) is 6.54 Å². The molecule has 0 aliphatic rings. The van der Waals surface area contributed by atoms with Gasteiger partial charge in [-0.1, -0.05) is 30.3 Å². The highest BCUT2D eigenvalue weighted by atomic mass is 16.5. The van der Waals surface area contributed by atoms with Gasteiger partial charge in [-0.3, -0.25) is 0 Å². The number of hydrazine groups is 1.